The van der Waals surface area contributed by atoms with Crippen molar-refractivity contribution in [2.75, 3.05) is 17.7 Å². The minimum absolute atomic E-state index is 0.476. The number of hydrogen-bond donors (Lipinski definition) is 3. The second kappa shape index (κ2) is 5.26. The first-order valence-electron chi connectivity index (χ1n) is 7.32. The molecule has 3 unspecified atom stereocenters. The van der Waals surface area contributed by atoms with Crippen molar-refractivity contribution in [1.82, 2.24) is 20.2 Å². The predicted molar refractivity (Wildman–Crippen MR) is 80.8 cm³/mol. The molecule has 0 spiro atoms. The van der Waals surface area contributed by atoms with E-state index in [9.17, 15) is 0 Å². The number of aromatic amines is 1. The third-order valence-electron chi connectivity index (χ3n) is 4.29. The van der Waals surface area contributed by atoms with Gasteiger partial charge in [0.2, 0.25) is 5.95 Å². The zero-order chi connectivity index (χ0) is 14.1. The van der Waals surface area contributed by atoms with Crippen molar-refractivity contribution in [3.05, 3.63) is 6.20 Å². The number of H-pyrrole nitrogens is 1. The summed E-state index contributed by atoms with van der Waals surface area (Å²) in [4.78, 5) is 8.90. The number of hydrogen-bond acceptors (Lipinski definition) is 5. The largest absolute Gasteiger partial charge is 0.366 e. The second-order valence-corrected chi connectivity index (χ2v) is 5.92. The first-order valence-corrected chi connectivity index (χ1v) is 7.32. The SMILES string of the molecule is CNc1nc(NC2CCC(C)CC2C)c2cn[nH]c2n1. The Hall–Kier alpha value is -1.85. The molecule has 6 nitrogen and oxygen atoms in total. The average molecular weight is 274 g/mol. The Labute approximate surface area is 118 Å². The first kappa shape index (κ1) is 13.1. The molecular formula is C14H22N6. The average Bonchev–Trinajstić information content (AvgIpc) is 2.90. The normalized spacial score (nSPS) is 26.6. The maximum atomic E-state index is 4.55. The van der Waals surface area contributed by atoms with E-state index >= 15 is 0 Å². The molecule has 2 heterocycles. The molecule has 1 aliphatic rings. The Morgan fingerprint density at radius 1 is 1.25 bits per heavy atom. The van der Waals surface area contributed by atoms with Crippen LogP contribution in [0.2, 0.25) is 0 Å². The highest BCUT2D eigenvalue weighted by Crippen LogP contribution is 2.31. The predicted octanol–water partition coefficient (Wildman–Crippen LogP) is 2.63. The van der Waals surface area contributed by atoms with Crippen LogP contribution in [-0.2, 0) is 0 Å². The molecule has 3 atom stereocenters. The first-order chi connectivity index (χ1) is 9.67. The molecule has 1 aliphatic carbocycles. The van der Waals surface area contributed by atoms with E-state index in [0.29, 0.717) is 17.9 Å². The van der Waals surface area contributed by atoms with Gasteiger partial charge < -0.3 is 10.6 Å². The highest BCUT2D eigenvalue weighted by molar-refractivity contribution is 5.87. The Morgan fingerprint density at radius 2 is 2.10 bits per heavy atom. The molecule has 108 valence electrons. The minimum atomic E-state index is 0.476. The number of rotatable bonds is 3. The molecule has 0 radical (unpaired) electrons. The van der Waals surface area contributed by atoms with Gasteiger partial charge >= 0.3 is 0 Å². The molecule has 0 aliphatic heterocycles. The summed E-state index contributed by atoms with van der Waals surface area (Å²) in [7, 11) is 1.83. The van der Waals surface area contributed by atoms with E-state index in [1.54, 1.807) is 6.20 Å². The summed E-state index contributed by atoms with van der Waals surface area (Å²) >= 11 is 0. The quantitative estimate of drug-likeness (QED) is 0.802. The third-order valence-corrected chi connectivity index (χ3v) is 4.29. The fourth-order valence-electron chi connectivity index (χ4n) is 3.11. The van der Waals surface area contributed by atoms with Gasteiger partial charge in [0.25, 0.3) is 0 Å². The summed E-state index contributed by atoms with van der Waals surface area (Å²) in [5, 5.41) is 14.5. The van der Waals surface area contributed by atoms with Crippen molar-refractivity contribution >= 4 is 22.8 Å². The minimum Gasteiger partial charge on any atom is -0.366 e. The molecule has 1 fully saturated rings. The number of anilines is 2. The summed E-state index contributed by atoms with van der Waals surface area (Å²) in [5.41, 5.74) is 0.767. The molecule has 0 saturated heterocycles. The number of nitrogens with one attached hydrogen (secondary N) is 3. The van der Waals surface area contributed by atoms with Crippen molar-refractivity contribution in [1.29, 1.82) is 0 Å². The molecule has 0 aromatic carbocycles. The fraction of sp³-hybridized carbons (Fsp3) is 0.643. The van der Waals surface area contributed by atoms with Crippen molar-refractivity contribution in [3.8, 4) is 0 Å². The van der Waals surface area contributed by atoms with E-state index < -0.39 is 0 Å². The summed E-state index contributed by atoms with van der Waals surface area (Å²) in [6, 6.07) is 0.476. The van der Waals surface area contributed by atoms with Crippen molar-refractivity contribution in [3.63, 3.8) is 0 Å². The monoisotopic (exact) mass is 274 g/mol. The zero-order valence-corrected chi connectivity index (χ0v) is 12.3. The van der Waals surface area contributed by atoms with Crippen molar-refractivity contribution < 1.29 is 0 Å². The van der Waals surface area contributed by atoms with E-state index in [4.69, 9.17) is 0 Å². The fourth-order valence-corrected chi connectivity index (χ4v) is 3.11. The second-order valence-electron chi connectivity index (χ2n) is 5.92. The van der Waals surface area contributed by atoms with Gasteiger partial charge in [-0.15, -0.1) is 0 Å². The van der Waals surface area contributed by atoms with E-state index in [1.807, 2.05) is 7.05 Å². The summed E-state index contributed by atoms with van der Waals surface area (Å²) in [5.74, 6) is 2.98. The van der Waals surface area contributed by atoms with Gasteiger partial charge in [-0.25, -0.2) is 0 Å². The van der Waals surface area contributed by atoms with Crippen molar-refractivity contribution in [2.24, 2.45) is 11.8 Å². The molecule has 20 heavy (non-hydrogen) atoms. The van der Waals surface area contributed by atoms with Crippen LogP contribution in [0, 0.1) is 11.8 Å². The number of nitrogens with zero attached hydrogens (tertiary/aromatic N) is 3. The van der Waals surface area contributed by atoms with Gasteiger partial charge in [-0.1, -0.05) is 13.8 Å². The number of aromatic nitrogens is 4. The molecular weight excluding hydrogens is 252 g/mol. The van der Waals surface area contributed by atoms with Gasteiger partial charge in [-0.2, -0.15) is 15.1 Å². The zero-order valence-electron chi connectivity index (χ0n) is 12.3. The summed E-state index contributed by atoms with van der Waals surface area (Å²) in [6.07, 6.45) is 5.53. The molecule has 3 N–H and O–H groups in total. The van der Waals surface area contributed by atoms with E-state index in [2.05, 4.69) is 44.6 Å². The maximum Gasteiger partial charge on any atom is 0.226 e. The standard InChI is InChI=1S/C14H22N6/c1-8-4-5-11(9(2)6-8)17-12-10-7-16-20-13(10)19-14(15-3)18-12/h7-9,11H,4-6H2,1-3H3,(H3,15,16,17,18,19,20). The Bertz CT molecular complexity index is 592. The highest BCUT2D eigenvalue weighted by atomic mass is 15.2. The van der Waals surface area contributed by atoms with Crippen LogP contribution in [0.25, 0.3) is 11.0 Å². The highest BCUT2D eigenvalue weighted by Gasteiger charge is 2.26. The van der Waals surface area contributed by atoms with Gasteiger partial charge in [-0.3, -0.25) is 5.10 Å². The Kier molecular flexibility index (Phi) is 3.46. The van der Waals surface area contributed by atoms with Crippen LogP contribution >= 0.6 is 0 Å². The summed E-state index contributed by atoms with van der Waals surface area (Å²) in [6.45, 7) is 4.66. The van der Waals surface area contributed by atoms with Crippen LogP contribution in [0.5, 0.6) is 0 Å². The van der Waals surface area contributed by atoms with E-state index in [0.717, 1.165) is 22.8 Å². The molecule has 2 aromatic rings. The van der Waals surface area contributed by atoms with E-state index in [1.165, 1.54) is 19.3 Å². The Balaban J connectivity index is 1.88. The van der Waals surface area contributed by atoms with Crippen LogP contribution in [0.3, 0.4) is 0 Å². The van der Waals surface area contributed by atoms with Gasteiger partial charge in [0, 0.05) is 13.1 Å². The lowest BCUT2D eigenvalue weighted by Gasteiger charge is -2.33. The third kappa shape index (κ3) is 2.42. The van der Waals surface area contributed by atoms with Gasteiger partial charge in [0.1, 0.15) is 5.82 Å². The van der Waals surface area contributed by atoms with Gasteiger partial charge in [-0.05, 0) is 31.1 Å². The van der Waals surface area contributed by atoms with Gasteiger partial charge in [0.05, 0.1) is 11.6 Å². The van der Waals surface area contributed by atoms with Crippen LogP contribution in [0.1, 0.15) is 33.1 Å². The number of fused-ring (bicyclic) bond motifs is 1. The van der Waals surface area contributed by atoms with Crippen LogP contribution in [0.15, 0.2) is 6.20 Å². The lowest BCUT2D eigenvalue weighted by molar-refractivity contribution is 0.276. The maximum absolute atomic E-state index is 4.55. The van der Waals surface area contributed by atoms with E-state index in [-0.39, 0.29) is 0 Å². The summed E-state index contributed by atoms with van der Waals surface area (Å²) < 4.78 is 0. The molecule has 1 saturated carbocycles. The molecule has 0 amide bonds. The van der Waals surface area contributed by atoms with Crippen LogP contribution in [0.4, 0.5) is 11.8 Å². The lowest BCUT2D eigenvalue weighted by Crippen LogP contribution is -2.33. The topological polar surface area (TPSA) is 78.5 Å². The van der Waals surface area contributed by atoms with Crippen LogP contribution < -0.4 is 10.6 Å². The molecule has 2 aromatic heterocycles. The smallest absolute Gasteiger partial charge is 0.226 e. The molecule has 0 bridgehead atoms. The van der Waals surface area contributed by atoms with Crippen molar-refractivity contribution in [2.45, 2.75) is 39.2 Å². The molecule has 3 rings (SSSR count). The van der Waals surface area contributed by atoms with Gasteiger partial charge in [0.15, 0.2) is 5.65 Å². The molecule has 6 heteroatoms. The Morgan fingerprint density at radius 3 is 2.85 bits per heavy atom. The lowest BCUT2D eigenvalue weighted by atomic mass is 9.80. The van der Waals surface area contributed by atoms with Crippen LogP contribution in [-0.4, -0.2) is 33.3 Å².